The maximum Gasteiger partial charge on any atom is 0.419 e. The van der Waals surface area contributed by atoms with E-state index in [1.54, 1.807) is 0 Å². The van der Waals surface area contributed by atoms with Crippen LogP contribution in [0.5, 0.6) is 0 Å². The minimum Gasteiger partial charge on any atom is -0.478 e. The van der Waals surface area contributed by atoms with Crippen molar-refractivity contribution in [1.82, 2.24) is 20.2 Å². The third-order valence-corrected chi connectivity index (χ3v) is 5.12. The lowest BCUT2D eigenvalue weighted by Gasteiger charge is -2.12. The third kappa shape index (κ3) is 4.07. The molecule has 0 aliphatic carbocycles. The summed E-state index contributed by atoms with van der Waals surface area (Å²) in [5, 5.41) is 20.3. The molecule has 4 rings (SSSR count). The molecule has 0 fully saturated rings. The number of anilines is 2. The number of fused-ring (bicyclic) bond motifs is 1. The number of amides is 2. The number of benzene rings is 1. The number of aromatic carboxylic acids is 1. The fraction of sp³-hybridized carbons (Fsp3) is 0.0556. The van der Waals surface area contributed by atoms with Crippen molar-refractivity contribution in [2.75, 3.05) is 10.6 Å². The minimum atomic E-state index is -4.92. The Labute approximate surface area is 179 Å². The van der Waals surface area contributed by atoms with Crippen molar-refractivity contribution in [3.05, 3.63) is 53.6 Å². The Hall–Kier alpha value is -4.07. The maximum atomic E-state index is 14.1. The van der Waals surface area contributed by atoms with Crippen LogP contribution < -0.4 is 10.6 Å². The number of urea groups is 1. The molecule has 0 atom stereocenters. The van der Waals surface area contributed by atoms with Crippen molar-refractivity contribution in [1.29, 1.82) is 0 Å². The number of carbonyl (C=O) groups excluding carboxylic acids is 1. The first-order valence-corrected chi connectivity index (χ1v) is 9.42. The van der Waals surface area contributed by atoms with Crippen molar-refractivity contribution in [3.63, 3.8) is 0 Å². The summed E-state index contributed by atoms with van der Waals surface area (Å²) in [7, 11) is 0. The Kier molecular flexibility index (Phi) is 5.22. The van der Waals surface area contributed by atoms with Crippen molar-refractivity contribution in [2.24, 2.45) is 0 Å². The highest BCUT2D eigenvalue weighted by molar-refractivity contribution is 7.19. The molecule has 164 valence electrons. The lowest BCUT2D eigenvalue weighted by atomic mass is 10.1. The molecule has 0 spiro atoms. The molecule has 0 aliphatic rings. The summed E-state index contributed by atoms with van der Waals surface area (Å²) in [5.74, 6) is -2.81. The van der Waals surface area contributed by atoms with E-state index in [-0.39, 0.29) is 22.0 Å². The van der Waals surface area contributed by atoms with Gasteiger partial charge in [0, 0.05) is 6.20 Å². The van der Waals surface area contributed by atoms with Crippen molar-refractivity contribution in [3.8, 4) is 10.6 Å². The van der Waals surface area contributed by atoms with Gasteiger partial charge >= 0.3 is 18.2 Å². The number of hydrogen-bond donors (Lipinski definition) is 4. The number of carbonyl (C=O) groups is 2. The van der Waals surface area contributed by atoms with E-state index in [2.05, 4.69) is 25.5 Å². The second-order valence-corrected chi connectivity index (χ2v) is 7.30. The molecule has 14 heteroatoms. The Morgan fingerprint density at radius 2 is 1.94 bits per heavy atom. The van der Waals surface area contributed by atoms with Crippen molar-refractivity contribution < 1.29 is 32.3 Å². The summed E-state index contributed by atoms with van der Waals surface area (Å²) < 4.78 is 52.5. The summed E-state index contributed by atoms with van der Waals surface area (Å²) in [6, 6.07) is 2.79. The van der Waals surface area contributed by atoms with E-state index in [0.717, 1.165) is 23.5 Å². The van der Waals surface area contributed by atoms with Crippen LogP contribution in [0.2, 0.25) is 0 Å². The van der Waals surface area contributed by atoms with Gasteiger partial charge in [-0.25, -0.2) is 23.9 Å². The van der Waals surface area contributed by atoms with Crippen LogP contribution >= 0.6 is 11.3 Å². The Balaban J connectivity index is 1.54. The first-order valence-electron chi connectivity index (χ1n) is 8.61. The topological polar surface area (TPSA) is 133 Å². The van der Waals surface area contributed by atoms with Crippen LogP contribution in [0.25, 0.3) is 21.6 Å². The number of halogens is 4. The highest BCUT2D eigenvalue weighted by Gasteiger charge is 2.35. The number of thiazole rings is 1. The number of alkyl halides is 3. The molecule has 0 saturated heterocycles. The van der Waals surface area contributed by atoms with E-state index in [1.807, 2.05) is 5.32 Å². The van der Waals surface area contributed by atoms with Gasteiger partial charge in [0.2, 0.25) is 0 Å². The molecule has 9 nitrogen and oxygen atoms in total. The second kappa shape index (κ2) is 7.88. The van der Waals surface area contributed by atoms with Crippen molar-refractivity contribution in [2.45, 2.75) is 6.18 Å². The van der Waals surface area contributed by atoms with E-state index < -0.39 is 35.2 Å². The van der Waals surface area contributed by atoms with Crippen LogP contribution in [-0.2, 0) is 6.18 Å². The standard InChI is InChI=1S/C18H10F4N6O3S/c19-13-9(18(20,21)22)2-1-3-10(13)26-16(31)27-17-23-6-12(32-17)11-4-7(15(29)30)8-5-24-28-14(8)25-11/h1-6H,(H,29,30)(H,24,25,28)(H2,23,26,27,31). The highest BCUT2D eigenvalue weighted by atomic mass is 32.1. The second-order valence-electron chi connectivity index (χ2n) is 6.27. The molecule has 4 N–H and O–H groups in total. The number of hydrogen-bond acceptors (Lipinski definition) is 6. The third-order valence-electron chi connectivity index (χ3n) is 4.18. The van der Waals surface area contributed by atoms with Gasteiger partial charge in [0.1, 0.15) is 0 Å². The molecular weight excluding hydrogens is 456 g/mol. The SMILES string of the molecule is O=C(Nc1ncc(-c2cc(C(=O)O)c3cn[nH]c3n2)s1)Nc1cccc(C(F)(F)F)c1F. The number of carboxylic acids is 1. The highest BCUT2D eigenvalue weighted by Crippen LogP contribution is 2.34. The summed E-state index contributed by atoms with van der Waals surface area (Å²) in [5.41, 5.74) is -1.73. The summed E-state index contributed by atoms with van der Waals surface area (Å²) in [4.78, 5) is 32.2. The number of H-pyrrole nitrogens is 1. The molecule has 0 unspecified atom stereocenters. The zero-order valence-electron chi connectivity index (χ0n) is 15.5. The molecular formula is C18H10F4N6O3S. The first kappa shape index (κ1) is 21.2. The largest absolute Gasteiger partial charge is 0.478 e. The predicted octanol–water partition coefficient (Wildman–Crippen LogP) is 4.58. The molecule has 0 aliphatic heterocycles. The van der Waals surface area contributed by atoms with Crippen LogP contribution in [0.3, 0.4) is 0 Å². The van der Waals surface area contributed by atoms with Gasteiger partial charge in [-0.15, -0.1) is 0 Å². The van der Waals surface area contributed by atoms with Gasteiger partial charge in [-0.05, 0) is 18.2 Å². The smallest absolute Gasteiger partial charge is 0.419 e. The summed E-state index contributed by atoms with van der Waals surface area (Å²) in [6.07, 6.45) is -2.27. The maximum absolute atomic E-state index is 14.1. The van der Waals surface area contributed by atoms with E-state index in [1.165, 1.54) is 18.5 Å². The number of nitrogens with zero attached hydrogens (tertiary/aromatic N) is 3. The predicted molar refractivity (Wildman–Crippen MR) is 106 cm³/mol. The Bertz CT molecular complexity index is 1350. The molecule has 32 heavy (non-hydrogen) atoms. The number of nitrogens with one attached hydrogen (secondary N) is 3. The lowest BCUT2D eigenvalue weighted by molar-refractivity contribution is -0.139. The summed E-state index contributed by atoms with van der Waals surface area (Å²) >= 11 is 0.922. The van der Waals surface area contributed by atoms with E-state index >= 15 is 0 Å². The van der Waals surface area contributed by atoms with Crippen molar-refractivity contribution >= 4 is 45.2 Å². The molecule has 4 aromatic rings. The lowest BCUT2D eigenvalue weighted by Crippen LogP contribution is -2.21. The van der Waals surface area contributed by atoms with Gasteiger partial charge in [-0.2, -0.15) is 18.3 Å². The average molecular weight is 466 g/mol. The van der Waals surface area contributed by atoms with Gasteiger partial charge in [-0.1, -0.05) is 17.4 Å². The molecule has 3 aromatic heterocycles. The van der Waals surface area contributed by atoms with Gasteiger partial charge in [0.05, 0.1) is 39.0 Å². The van der Waals surface area contributed by atoms with E-state index in [4.69, 9.17) is 0 Å². The fourth-order valence-electron chi connectivity index (χ4n) is 2.78. The zero-order valence-corrected chi connectivity index (χ0v) is 16.3. The molecule has 0 saturated carbocycles. The van der Waals surface area contributed by atoms with Crippen LogP contribution in [0.4, 0.5) is 33.2 Å². The Morgan fingerprint density at radius 3 is 2.66 bits per heavy atom. The molecule has 0 radical (unpaired) electrons. The summed E-state index contributed by atoms with van der Waals surface area (Å²) in [6.45, 7) is 0. The quantitative estimate of drug-likeness (QED) is 0.326. The van der Waals surface area contributed by atoms with Crippen LogP contribution in [-0.4, -0.2) is 37.3 Å². The zero-order chi connectivity index (χ0) is 23.0. The first-order chi connectivity index (χ1) is 15.1. The van der Waals surface area contributed by atoms with Gasteiger partial charge in [-0.3, -0.25) is 10.4 Å². The van der Waals surface area contributed by atoms with Crippen LogP contribution in [0, 0.1) is 5.82 Å². The number of rotatable bonds is 4. The molecule has 1 aromatic carbocycles. The van der Waals surface area contributed by atoms with E-state index in [0.29, 0.717) is 16.3 Å². The number of aromatic nitrogens is 4. The molecule has 2 amide bonds. The normalized spacial score (nSPS) is 11.5. The molecule has 0 bridgehead atoms. The van der Waals surface area contributed by atoms with Crippen LogP contribution in [0.15, 0.2) is 36.7 Å². The number of aromatic amines is 1. The van der Waals surface area contributed by atoms with Crippen LogP contribution in [0.1, 0.15) is 15.9 Å². The molecule has 3 heterocycles. The van der Waals surface area contributed by atoms with Gasteiger partial charge < -0.3 is 10.4 Å². The average Bonchev–Trinajstić information content (AvgIpc) is 3.37. The fourth-order valence-corrected chi connectivity index (χ4v) is 3.55. The Morgan fingerprint density at radius 1 is 1.16 bits per heavy atom. The van der Waals surface area contributed by atoms with Gasteiger partial charge in [0.15, 0.2) is 16.6 Å². The number of pyridine rings is 1. The van der Waals surface area contributed by atoms with Gasteiger partial charge in [0.25, 0.3) is 0 Å². The van der Waals surface area contributed by atoms with E-state index in [9.17, 15) is 32.3 Å². The number of carboxylic acid groups (broad SMARTS) is 1. The minimum absolute atomic E-state index is 0.0215. The monoisotopic (exact) mass is 466 g/mol.